The molecule has 1 aromatic heterocycles. The van der Waals surface area contributed by atoms with Gasteiger partial charge in [-0.1, -0.05) is 19.9 Å². The van der Waals surface area contributed by atoms with Crippen LogP contribution in [0.15, 0.2) is 30.6 Å². The van der Waals surface area contributed by atoms with E-state index in [2.05, 4.69) is 40.0 Å². The highest BCUT2D eigenvalue weighted by Gasteiger charge is 2.41. The fourth-order valence-corrected chi connectivity index (χ4v) is 5.20. The molecule has 0 radical (unpaired) electrons. The first kappa shape index (κ1) is 23.4. The molecule has 0 spiro atoms. The van der Waals surface area contributed by atoms with Crippen molar-refractivity contribution in [2.24, 2.45) is 0 Å². The van der Waals surface area contributed by atoms with Crippen LogP contribution in [0.5, 0.6) is 0 Å². The summed E-state index contributed by atoms with van der Waals surface area (Å²) in [6.45, 7) is 8.39. The first-order valence-electron chi connectivity index (χ1n) is 12.2. The van der Waals surface area contributed by atoms with Crippen LogP contribution < -0.4 is 10.2 Å². The van der Waals surface area contributed by atoms with E-state index in [0.717, 1.165) is 25.2 Å². The molecule has 4 heterocycles. The maximum atomic E-state index is 14.6. The number of fused-ring (bicyclic) bond motifs is 1. The van der Waals surface area contributed by atoms with Gasteiger partial charge in [-0.05, 0) is 35.6 Å². The van der Waals surface area contributed by atoms with E-state index in [1.807, 2.05) is 12.4 Å². The number of imide groups is 1. The average Bonchev–Trinajstić information content (AvgIpc) is 3.15. The van der Waals surface area contributed by atoms with Gasteiger partial charge in [0, 0.05) is 74.9 Å². The fraction of sp³-hybridized carbons (Fsp3) is 0.462. The number of piperidine rings is 1. The van der Waals surface area contributed by atoms with E-state index in [9.17, 15) is 18.8 Å². The van der Waals surface area contributed by atoms with Crippen molar-refractivity contribution in [2.45, 2.75) is 51.7 Å². The summed E-state index contributed by atoms with van der Waals surface area (Å²) in [4.78, 5) is 47.3. The quantitative estimate of drug-likeness (QED) is 0.663. The minimum Gasteiger partial charge on any atom is -0.369 e. The lowest BCUT2D eigenvalue weighted by molar-refractivity contribution is -0.136. The Morgan fingerprint density at radius 1 is 1.09 bits per heavy atom. The molecule has 184 valence electrons. The molecule has 1 unspecified atom stereocenters. The fourth-order valence-electron chi connectivity index (χ4n) is 5.20. The largest absolute Gasteiger partial charge is 0.369 e. The Balaban J connectivity index is 1.29. The predicted octanol–water partition coefficient (Wildman–Crippen LogP) is 2.43. The number of pyridine rings is 1. The van der Waals surface area contributed by atoms with Crippen molar-refractivity contribution in [1.82, 2.24) is 20.1 Å². The van der Waals surface area contributed by atoms with Crippen molar-refractivity contribution >= 4 is 23.4 Å². The number of aromatic nitrogens is 1. The highest BCUT2D eigenvalue weighted by molar-refractivity contribution is 6.06. The molecule has 1 atom stereocenters. The predicted molar refractivity (Wildman–Crippen MR) is 128 cm³/mol. The monoisotopic (exact) mass is 479 g/mol. The highest BCUT2D eigenvalue weighted by atomic mass is 19.1. The molecular formula is C26H30FN5O3. The molecule has 35 heavy (non-hydrogen) atoms. The van der Waals surface area contributed by atoms with Crippen molar-refractivity contribution < 1.29 is 18.8 Å². The molecule has 0 bridgehead atoms. The Bertz CT molecular complexity index is 1180. The molecule has 3 aliphatic rings. The van der Waals surface area contributed by atoms with E-state index < -0.39 is 17.8 Å². The summed E-state index contributed by atoms with van der Waals surface area (Å²) in [7, 11) is 0. The number of halogens is 1. The van der Waals surface area contributed by atoms with Gasteiger partial charge in [-0.15, -0.1) is 0 Å². The third-order valence-corrected chi connectivity index (χ3v) is 7.20. The molecule has 1 aromatic carbocycles. The minimum atomic E-state index is -0.712. The van der Waals surface area contributed by atoms with Crippen LogP contribution in [0.3, 0.4) is 0 Å². The molecular weight excluding hydrogens is 449 g/mol. The third-order valence-electron chi connectivity index (χ3n) is 7.20. The van der Waals surface area contributed by atoms with Crippen molar-refractivity contribution in [3.8, 4) is 0 Å². The molecule has 3 amide bonds. The first-order valence-corrected chi connectivity index (χ1v) is 12.2. The van der Waals surface area contributed by atoms with Gasteiger partial charge in [-0.3, -0.25) is 29.6 Å². The van der Waals surface area contributed by atoms with Crippen LogP contribution in [-0.2, 0) is 22.7 Å². The molecule has 3 aliphatic heterocycles. The summed E-state index contributed by atoms with van der Waals surface area (Å²) >= 11 is 0. The van der Waals surface area contributed by atoms with E-state index in [1.165, 1.54) is 28.2 Å². The summed E-state index contributed by atoms with van der Waals surface area (Å²) in [5.41, 5.74) is 4.18. The summed E-state index contributed by atoms with van der Waals surface area (Å²) in [5, 5.41) is 2.31. The second kappa shape index (κ2) is 9.37. The summed E-state index contributed by atoms with van der Waals surface area (Å²) in [5.74, 6) is -1.18. The van der Waals surface area contributed by atoms with Crippen molar-refractivity contribution in [3.63, 3.8) is 0 Å². The second-order valence-electron chi connectivity index (χ2n) is 9.90. The number of piperazine rings is 1. The molecule has 0 aliphatic carbocycles. The Morgan fingerprint density at radius 2 is 1.86 bits per heavy atom. The molecule has 8 nitrogen and oxygen atoms in total. The number of hydrogen-bond acceptors (Lipinski definition) is 6. The topological polar surface area (TPSA) is 85.8 Å². The number of carbonyl (C=O) groups excluding carboxylic acids is 3. The Labute approximate surface area is 204 Å². The normalized spacial score (nSPS) is 21.0. The molecule has 2 fully saturated rings. The van der Waals surface area contributed by atoms with Gasteiger partial charge in [0.1, 0.15) is 11.9 Å². The zero-order valence-corrected chi connectivity index (χ0v) is 20.1. The minimum absolute atomic E-state index is 0.190. The number of carbonyl (C=O) groups is 3. The number of nitrogens with zero attached hydrogens (tertiary/aromatic N) is 4. The number of hydrogen-bond donors (Lipinski definition) is 1. The second-order valence-corrected chi connectivity index (χ2v) is 9.90. The van der Waals surface area contributed by atoms with Gasteiger partial charge in [0.15, 0.2) is 0 Å². The average molecular weight is 480 g/mol. The van der Waals surface area contributed by atoms with Crippen LogP contribution >= 0.6 is 0 Å². The van der Waals surface area contributed by atoms with E-state index in [0.29, 0.717) is 30.3 Å². The molecule has 2 aromatic rings. The van der Waals surface area contributed by atoms with Crippen molar-refractivity contribution in [1.29, 1.82) is 0 Å². The lowest BCUT2D eigenvalue weighted by atomic mass is 10.0. The van der Waals surface area contributed by atoms with Crippen molar-refractivity contribution in [2.75, 3.05) is 31.1 Å². The number of anilines is 1. The number of rotatable bonds is 5. The van der Waals surface area contributed by atoms with E-state index in [-0.39, 0.29) is 31.2 Å². The Morgan fingerprint density at radius 3 is 2.57 bits per heavy atom. The molecule has 5 rings (SSSR count). The van der Waals surface area contributed by atoms with Gasteiger partial charge in [-0.25, -0.2) is 4.39 Å². The molecule has 0 saturated carbocycles. The Kier molecular flexibility index (Phi) is 6.27. The maximum absolute atomic E-state index is 14.6. The van der Waals surface area contributed by atoms with Gasteiger partial charge in [0.25, 0.3) is 5.91 Å². The van der Waals surface area contributed by atoms with Gasteiger partial charge in [-0.2, -0.15) is 0 Å². The van der Waals surface area contributed by atoms with Crippen molar-refractivity contribution in [3.05, 3.63) is 58.7 Å². The van der Waals surface area contributed by atoms with Crippen LogP contribution in [0.1, 0.15) is 59.7 Å². The van der Waals surface area contributed by atoms with Gasteiger partial charge in [0.2, 0.25) is 11.8 Å². The molecule has 1 N–H and O–H groups in total. The first-order chi connectivity index (χ1) is 16.8. The summed E-state index contributed by atoms with van der Waals surface area (Å²) < 4.78 is 14.6. The van der Waals surface area contributed by atoms with E-state index in [1.54, 1.807) is 0 Å². The lowest BCUT2D eigenvalue weighted by Crippen LogP contribution is -2.52. The Hall–Kier alpha value is -3.33. The summed E-state index contributed by atoms with van der Waals surface area (Å²) in [6.07, 6.45) is 4.30. The van der Waals surface area contributed by atoms with E-state index >= 15 is 0 Å². The van der Waals surface area contributed by atoms with Crippen LogP contribution in [0, 0.1) is 5.82 Å². The van der Waals surface area contributed by atoms with Crippen LogP contribution in [0.4, 0.5) is 10.1 Å². The number of nitrogens with one attached hydrogen (secondary N) is 1. The zero-order valence-electron chi connectivity index (χ0n) is 20.1. The third kappa shape index (κ3) is 4.65. The number of amides is 3. The van der Waals surface area contributed by atoms with Crippen LogP contribution in [0.25, 0.3) is 0 Å². The molecule has 2 saturated heterocycles. The maximum Gasteiger partial charge on any atom is 0.255 e. The standard InChI is InChI=1S/C26H30FN5O3/c1-16(2)18-9-17(12-28-13-18)14-30-5-7-31(8-6-30)23-11-19(27)10-20-21(23)15-32(26(20)35)22-3-4-24(33)29-25(22)34/h9-13,16,22H,3-8,14-15H2,1-2H3,(H,29,33,34). The molecule has 9 heteroatoms. The smallest absolute Gasteiger partial charge is 0.255 e. The van der Waals surface area contributed by atoms with Gasteiger partial charge >= 0.3 is 0 Å². The number of benzene rings is 1. The van der Waals surface area contributed by atoms with E-state index in [4.69, 9.17) is 0 Å². The SMILES string of the molecule is CC(C)c1cncc(CN2CCN(c3cc(F)cc4c3CN(C3CCC(=O)NC3=O)C4=O)CC2)c1. The zero-order chi connectivity index (χ0) is 24.7. The van der Waals surface area contributed by atoms with Crippen LogP contribution in [0.2, 0.25) is 0 Å². The van der Waals surface area contributed by atoms with Crippen LogP contribution in [-0.4, -0.2) is 64.7 Å². The highest BCUT2D eigenvalue weighted by Crippen LogP contribution is 2.35. The lowest BCUT2D eigenvalue weighted by Gasteiger charge is -2.37. The van der Waals surface area contributed by atoms with Gasteiger partial charge < -0.3 is 9.80 Å². The van der Waals surface area contributed by atoms with Gasteiger partial charge in [0.05, 0.1) is 0 Å². The summed E-state index contributed by atoms with van der Waals surface area (Å²) in [6, 6.07) is 4.25.